The van der Waals surface area contributed by atoms with Gasteiger partial charge in [0.25, 0.3) is 0 Å². The van der Waals surface area contributed by atoms with Crippen LogP contribution in [0.1, 0.15) is 30.0 Å². The van der Waals surface area contributed by atoms with Gasteiger partial charge in [-0.05, 0) is 31.9 Å². The SMILES string of the molecule is Cc1ccc(-c2cncnc2[C@@H]2CCCNC2)cc1. The maximum atomic E-state index is 4.55. The zero-order chi connectivity index (χ0) is 13.1. The molecular formula is C16H19N3. The van der Waals surface area contributed by atoms with Crippen LogP contribution in [0.25, 0.3) is 11.1 Å². The van der Waals surface area contributed by atoms with E-state index in [0.717, 1.165) is 13.1 Å². The van der Waals surface area contributed by atoms with Gasteiger partial charge in [0.05, 0.1) is 5.69 Å². The second-order valence-corrected chi connectivity index (χ2v) is 5.23. The maximum absolute atomic E-state index is 4.55. The molecule has 1 atom stereocenters. The molecular weight excluding hydrogens is 234 g/mol. The van der Waals surface area contributed by atoms with E-state index in [9.17, 15) is 0 Å². The fourth-order valence-electron chi connectivity index (χ4n) is 2.71. The van der Waals surface area contributed by atoms with Gasteiger partial charge in [-0.15, -0.1) is 0 Å². The highest BCUT2D eigenvalue weighted by Crippen LogP contribution is 2.30. The van der Waals surface area contributed by atoms with E-state index in [1.54, 1.807) is 6.33 Å². The predicted octanol–water partition coefficient (Wildman–Crippen LogP) is 2.92. The van der Waals surface area contributed by atoms with Crippen molar-refractivity contribution >= 4 is 0 Å². The van der Waals surface area contributed by atoms with Gasteiger partial charge in [0, 0.05) is 24.2 Å². The second-order valence-electron chi connectivity index (χ2n) is 5.23. The number of nitrogens with zero attached hydrogens (tertiary/aromatic N) is 2. The quantitative estimate of drug-likeness (QED) is 0.894. The van der Waals surface area contributed by atoms with Crippen LogP contribution in [0.4, 0.5) is 0 Å². The summed E-state index contributed by atoms with van der Waals surface area (Å²) in [4.78, 5) is 8.76. The number of rotatable bonds is 2. The number of piperidine rings is 1. The van der Waals surface area contributed by atoms with E-state index < -0.39 is 0 Å². The highest BCUT2D eigenvalue weighted by Gasteiger charge is 2.20. The van der Waals surface area contributed by atoms with Crippen molar-refractivity contribution in [3.8, 4) is 11.1 Å². The highest BCUT2D eigenvalue weighted by molar-refractivity contribution is 5.65. The largest absolute Gasteiger partial charge is 0.316 e. The van der Waals surface area contributed by atoms with Crippen molar-refractivity contribution in [3.05, 3.63) is 48.0 Å². The lowest BCUT2D eigenvalue weighted by Crippen LogP contribution is -2.29. The first-order valence-corrected chi connectivity index (χ1v) is 6.92. The van der Waals surface area contributed by atoms with Crippen molar-refractivity contribution in [2.45, 2.75) is 25.7 Å². The predicted molar refractivity (Wildman–Crippen MR) is 77.0 cm³/mol. The molecule has 3 rings (SSSR count). The molecule has 0 radical (unpaired) electrons. The third-order valence-electron chi connectivity index (χ3n) is 3.79. The van der Waals surface area contributed by atoms with Crippen LogP contribution in [-0.4, -0.2) is 23.1 Å². The Morgan fingerprint density at radius 2 is 2.05 bits per heavy atom. The van der Waals surface area contributed by atoms with Crippen molar-refractivity contribution in [2.75, 3.05) is 13.1 Å². The Morgan fingerprint density at radius 3 is 2.79 bits per heavy atom. The van der Waals surface area contributed by atoms with Gasteiger partial charge >= 0.3 is 0 Å². The van der Waals surface area contributed by atoms with E-state index >= 15 is 0 Å². The lowest BCUT2D eigenvalue weighted by atomic mass is 9.91. The Balaban J connectivity index is 1.98. The summed E-state index contributed by atoms with van der Waals surface area (Å²) in [5.41, 5.74) is 4.86. The van der Waals surface area contributed by atoms with Crippen LogP contribution in [-0.2, 0) is 0 Å². The van der Waals surface area contributed by atoms with Gasteiger partial charge in [0.2, 0.25) is 0 Å². The van der Waals surface area contributed by atoms with Gasteiger partial charge in [-0.3, -0.25) is 0 Å². The van der Waals surface area contributed by atoms with E-state index in [1.165, 1.54) is 35.2 Å². The van der Waals surface area contributed by atoms with Crippen molar-refractivity contribution in [3.63, 3.8) is 0 Å². The molecule has 0 bridgehead atoms. The summed E-state index contributed by atoms with van der Waals surface area (Å²) >= 11 is 0. The summed E-state index contributed by atoms with van der Waals surface area (Å²) < 4.78 is 0. The topological polar surface area (TPSA) is 37.8 Å². The summed E-state index contributed by atoms with van der Waals surface area (Å²) in [7, 11) is 0. The standard InChI is InChI=1S/C16H19N3/c1-12-4-6-13(7-5-12)15-10-18-11-19-16(15)14-3-2-8-17-9-14/h4-7,10-11,14,17H,2-3,8-9H2,1H3/t14-/m1/s1. The third-order valence-corrected chi connectivity index (χ3v) is 3.79. The zero-order valence-corrected chi connectivity index (χ0v) is 11.3. The van der Waals surface area contributed by atoms with Gasteiger partial charge in [-0.1, -0.05) is 29.8 Å². The summed E-state index contributed by atoms with van der Waals surface area (Å²) in [5.74, 6) is 0.507. The molecule has 3 nitrogen and oxygen atoms in total. The van der Waals surface area contributed by atoms with Crippen LogP contribution >= 0.6 is 0 Å². The molecule has 0 aliphatic carbocycles. The Kier molecular flexibility index (Phi) is 3.56. The fraction of sp³-hybridized carbons (Fsp3) is 0.375. The molecule has 0 spiro atoms. The number of aromatic nitrogens is 2. The molecule has 0 amide bonds. The Morgan fingerprint density at radius 1 is 1.21 bits per heavy atom. The highest BCUT2D eigenvalue weighted by atomic mass is 14.9. The molecule has 0 unspecified atom stereocenters. The average molecular weight is 253 g/mol. The molecule has 1 aromatic carbocycles. The van der Waals surface area contributed by atoms with Crippen molar-refractivity contribution < 1.29 is 0 Å². The van der Waals surface area contributed by atoms with Crippen LogP contribution in [0.5, 0.6) is 0 Å². The Labute approximate surface area is 114 Å². The molecule has 1 aliphatic rings. The minimum Gasteiger partial charge on any atom is -0.316 e. The molecule has 2 heterocycles. The zero-order valence-electron chi connectivity index (χ0n) is 11.3. The Bertz CT molecular complexity index is 542. The number of hydrogen-bond donors (Lipinski definition) is 1. The number of benzene rings is 1. The normalized spacial score (nSPS) is 19.3. The molecule has 1 saturated heterocycles. The minimum atomic E-state index is 0.507. The van der Waals surface area contributed by atoms with E-state index in [0.29, 0.717) is 5.92 Å². The maximum Gasteiger partial charge on any atom is 0.115 e. The number of hydrogen-bond acceptors (Lipinski definition) is 3. The molecule has 3 heteroatoms. The molecule has 2 aromatic rings. The van der Waals surface area contributed by atoms with Gasteiger partial charge in [-0.25, -0.2) is 9.97 Å². The molecule has 1 aliphatic heterocycles. The molecule has 98 valence electrons. The minimum absolute atomic E-state index is 0.507. The lowest BCUT2D eigenvalue weighted by Gasteiger charge is -2.24. The van der Waals surface area contributed by atoms with Crippen LogP contribution in [0.15, 0.2) is 36.8 Å². The van der Waals surface area contributed by atoms with E-state index in [4.69, 9.17) is 0 Å². The summed E-state index contributed by atoms with van der Waals surface area (Å²) in [5, 5.41) is 3.46. The molecule has 1 aromatic heterocycles. The monoisotopic (exact) mass is 253 g/mol. The smallest absolute Gasteiger partial charge is 0.115 e. The van der Waals surface area contributed by atoms with Crippen LogP contribution in [0, 0.1) is 6.92 Å². The molecule has 1 fully saturated rings. The summed E-state index contributed by atoms with van der Waals surface area (Å²) in [6, 6.07) is 8.61. The van der Waals surface area contributed by atoms with Gasteiger partial charge in [-0.2, -0.15) is 0 Å². The van der Waals surface area contributed by atoms with Crippen LogP contribution in [0.3, 0.4) is 0 Å². The van der Waals surface area contributed by atoms with Crippen molar-refractivity contribution in [1.82, 2.24) is 15.3 Å². The molecule has 19 heavy (non-hydrogen) atoms. The van der Waals surface area contributed by atoms with E-state index in [-0.39, 0.29) is 0 Å². The van der Waals surface area contributed by atoms with Crippen LogP contribution < -0.4 is 5.32 Å². The van der Waals surface area contributed by atoms with Crippen molar-refractivity contribution in [2.24, 2.45) is 0 Å². The first-order valence-electron chi connectivity index (χ1n) is 6.92. The fourth-order valence-corrected chi connectivity index (χ4v) is 2.71. The second kappa shape index (κ2) is 5.49. The third kappa shape index (κ3) is 2.66. The van der Waals surface area contributed by atoms with Crippen LogP contribution in [0.2, 0.25) is 0 Å². The first-order chi connectivity index (χ1) is 9.34. The number of aryl methyl sites for hydroxylation is 1. The summed E-state index contributed by atoms with van der Waals surface area (Å²) in [6.07, 6.45) is 6.05. The van der Waals surface area contributed by atoms with Gasteiger partial charge in [0.15, 0.2) is 0 Å². The van der Waals surface area contributed by atoms with Crippen molar-refractivity contribution in [1.29, 1.82) is 0 Å². The molecule has 1 N–H and O–H groups in total. The van der Waals surface area contributed by atoms with E-state index in [2.05, 4.69) is 46.5 Å². The summed E-state index contributed by atoms with van der Waals surface area (Å²) in [6.45, 7) is 4.26. The first kappa shape index (κ1) is 12.3. The average Bonchev–Trinajstić information content (AvgIpc) is 2.49. The number of nitrogens with one attached hydrogen (secondary N) is 1. The van der Waals surface area contributed by atoms with Gasteiger partial charge in [0.1, 0.15) is 6.33 Å². The Hall–Kier alpha value is -1.74. The van der Waals surface area contributed by atoms with E-state index in [1.807, 2.05) is 6.20 Å². The lowest BCUT2D eigenvalue weighted by molar-refractivity contribution is 0.455. The van der Waals surface area contributed by atoms with Gasteiger partial charge < -0.3 is 5.32 Å². The molecule has 0 saturated carbocycles.